The van der Waals surface area contributed by atoms with Crippen LogP contribution in [0.15, 0.2) is 42.5 Å². The minimum Gasteiger partial charge on any atom is -0.469 e. The van der Waals surface area contributed by atoms with Crippen LogP contribution in [-0.4, -0.2) is 24.3 Å². The van der Waals surface area contributed by atoms with E-state index in [0.717, 1.165) is 32.1 Å². The Morgan fingerprint density at radius 2 is 1.79 bits per heavy atom. The van der Waals surface area contributed by atoms with Crippen LogP contribution in [-0.2, 0) is 16.0 Å². The normalized spacial score (nSPS) is 12.7. The van der Waals surface area contributed by atoms with Gasteiger partial charge in [-0.05, 0) is 36.8 Å². The maximum atomic E-state index is 11.2. The number of esters is 1. The van der Waals surface area contributed by atoms with Crippen molar-refractivity contribution < 1.29 is 14.6 Å². The van der Waals surface area contributed by atoms with Gasteiger partial charge >= 0.3 is 5.97 Å². The summed E-state index contributed by atoms with van der Waals surface area (Å²) in [6.45, 7) is 2.23. The van der Waals surface area contributed by atoms with Gasteiger partial charge in [-0.25, -0.2) is 0 Å². The molecule has 3 heteroatoms. The molecule has 0 aliphatic carbocycles. The summed E-state index contributed by atoms with van der Waals surface area (Å²) in [5.41, 5.74) is 2.47. The van der Waals surface area contributed by atoms with E-state index in [4.69, 9.17) is 0 Å². The third-order valence-electron chi connectivity index (χ3n) is 4.93. The summed E-state index contributed by atoms with van der Waals surface area (Å²) < 4.78 is 4.68. The molecule has 0 spiro atoms. The predicted octanol–water partition coefficient (Wildman–Crippen LogP) is 6.25. The highest BCUT2D eigenvalue weighted by Gasteiger charge is 2.02. The van der Waals surface area contributed by atoms with Crippen molar-refractivity contribution in [2.24, 2.45) is 0 Å². The molecule has 0 saturated carbocycles. The van der Waals surface area contributed by atoms with Crippen LogP contribution in [0.4, 0.5) is 0 Å². The highest BCUT2D eigenvalue weighted by Crippen LogP contribution is 2.15. The monoisotopic (exact) mass is 386 g/mol. The van der Waals surface area contributed by atoms with E-state index in [-0.39, 0.29) is 12.1 Å². The Hall–Kier alpha value is -1.87. The lowest BCUT2D eigenvalue weighted by Crippen LogP contribution is -2.01. The van der Waals surface area contributed by atoms with Crippen LogP contribution in [0.25, 0.3) is 6.08 Å². The number of aryl methyl sites for hydroxylation is 1. The van der Waals surface area contributed by atoms with Gasteiger partial charge in [0.1, 0.15) is 0 Å². The Morgan fingerprint density at radius 3 is 2.57 bits per heavy atom. The first-order valence-corrected chi connectivity index (χ1v) is 10.8. The molecule has 3 nitrogen and oxygen atoms in total. The van der Waals surface area contributed by atoms with Gasteiger partial charge in [0.15, 0.2) is 0 Å². The van der Waals surface area contributed by atoms with Crippen molar-refractivity contribution in [2.75, 3.05) is 7.11 Å². The Morgan fingerprint density at radius 1 is 1.04 bits per heavy atom. The minimum absolute atomic E-state index is 0.141. The molecule has 0 aromatic heterocycles. The van der Waals surface area contributed by atoms with Gasteiger partial charge in [0, 0.05) is 6.42 Å². The number of aliphatic hydroxyl groups excluding tert-OH is 1. The fraction of sp³-hybridized carbons (Fsp3) is 0.560. The lowest BCUT2D eigenvalue weighted by molar-refractivity contribution is -0.140. The highest BCUT2D eigenvalue weighted by molar-refractivity contribution is 5.69. The van der Waals surface area contributed by atoms with E-state index < -0.39 is 0 Å². The molecule has 0 saturated heterocycles. The van der Waals surface area contributed by atoms with Crippen molar-refractivity contribution in [3.8, 4) is 0 Å². The van der Waals surface area contributed by atoms with Gasteiger partial charge in [-0.1, -0.05) is 94.0 Å². The van der Waals surface area contributed by atoms with Crippen molar-refractivity contribution in [1.82, 2.24) is 0 Å². The number of benzene rings is 1. The fourth-order valence-electron chi connectivity index (χ4n) is 3.19. The van der Waals surface area contributed by atoms with Gasteiger partial charge in [0.05, 0.1) is 13.2 Å². The summed E-state index contributed by atoms with van der Waals surface area (Å²) in [6.07, 6.45) is 19.1. The molecule has 1 unspecified atom stereocenters. The van der Waals surface area contributed by atoms with Crippen LogP contribution in [0.5, 0.6) is 0 Å². The van der Waals surface area contributed by atoms with Crippen LogP contribution >= 0.6 is 0 Å². The molecule has 1 aromatic carbocycles. The van der Waals surface area contributed by atoms with Gasteiger partial charge in [-0.2, -0.15) is 0 Å². The maximum absolute atomic E-state index is 11.2. The van der Waals surface area contributed by atoms with Crippen molar-refractivity contribution >= 4 is 12.0 Å². The number of hydrogen-bond donors (Lipinski definition) is 1. The van der Waals surface area contributed by atoms with E-state index in [2.05, 4.69) is 29.9 Å². The minimum atomic E-state index is -0.357. The van der Waals surface area contributed by atoms with Crippen LogP contribution in [0.3, 0.4) is 0 Å². The second-order valence-electron chi connectivity index (χ2n) is 7.35. The lowest BCUT2D eigenvalue weighted by atomic mass is 10.0. The quantitative estimate of drug-likeness (QED) is 0.220. The molecule has 0 fully saturated rings. The number of unbranched alkanes of at least 4 members (excludes halogenated alkanes) is 6. The summed E-state index contributed by atoms with van der Waals surface area (Å²) in [5, 5.41) is 10.1. The van der Waals surface area contributed by atoms with E-state index in [0.29, 0.717) is 6.42 Å². The second kappa shape index (κ2) is 16.1. The van der Waals surface area contributed by atoms with Crippen LogP contribution in [0.2, 0.25) is 0 Å². The number of aliphatic hydroxyl groups is 1. The molecular weight excluding hydrogens is 348 g/mol. The Labute approximate surface area is 171 Å². The van der Waals surface area contributed by atoms with Crippen LogP contribution in [0, 0.1) is 0 Å². The average molecular weight is 387 g/mol. The fourth-order valence-corrected chi connectivity index (χ4v) is 3.19. The van der Waals surface area contributed by atoms with Gasteiger partial charge in [-0.15, -0.1) is 0 Å². The zero-order valence-electron chi connectivity index (χ0n) is 17.7. The molecule has 0 amide bonds. The summed E-state index contributed by atoms with van der Waals surface area (Å²) in [7, 11) is 1.43. The van der Waals surface area contributed by atoms with Crippen LogP contribution < -0.4 is 0 Å². The lowest BCUT2D eigenvalue weighted by Gasteiger charge is -2.06. The van der Waals surface area contributed by atoms with Crippen molar-refractivity contribution in [1.29, 1.82) is 0 Å². The van der Waals surface area contributed by atoms with Gasteiger partial charge in [-0.3, -0.25) is 4.79 Å². The number of allylic oxidation sites excluding steroid dienone is 2. The molecule has 1 N–H and O–H groups in total. The van der Waals surface area contributed by atoms with E-state index in [1.165, 1.54) is 50.3 Å². The topological polar surface area (TPSA) is 46.5 Å². The zero-order valence-corrected chi connectivity index (χ0v) is 17.7. The zero-order chi connectivity index (χ0) is 20.5. The average Bonchev–Trinajstić information content (AvgIpc) is 2.71. The number of hydrogen-bond acceptors (Lipinski definition) is 3. The summed E-state index contributed by atoms with van der Waals surface area (Å²) in [6, 6.07) is 8.32. The first-order valence-electron chi connectivity index (χ1n) is 10.8. The summed E-state index contributed by atoms with van der Waals surface area (Å²) in [5.74, 6) is -0.141. The smallest absolute Gasteiger partial charge is 0.305 e. The SMILES string of the molecule is CCCCCCCCC(O)C=CC=Cc1ccccc1CCCCC(=O)OC. The third kappa shape index (κ3) is 11.8. The number of rotatable bonds is 15. The molecule has 0 heterocycles. The Bertz CT molecular complexity index is 589. The van der Waals surface area contributed by atoms with Gasteiger partial charge in [0.2, 0.25) is 0 Å². The summed E-state index contributed by atoms with van der Waals surface area (Å²) in [4.78, 5) is 11.2. The standard InChI is InChI=1S/C25H38O3/c1-3-4-5-6-7-8-19-24(26)20-13-11-17-22-15-9-10-16-23(22)18-12-14-21-25(27)28-2/h9-11,13,15-17,20,24,26H,3-8,12,14,18-19,21H2,1-2H3. The molecule has 156 valence electrons. The van der Waals surface area contributed by atoms with E-state index in [1.54, 1.807) is 0 Å². The number of methoxy groups -OCH3 is 1. The molecule has 1 aromatic rings. The molecule has 1 rings (SSSR count). The predicted molar refractivity (Wildman–Crippen MR) is 118 cm³/mol. The Balaban J connectivity index is 2.34. The number of carbonyl (C=O) groups is 1. The van der Waals surface area contributed by atoms with Gasteiger partial charge in [0.25, 0.3) is 0 Å². The van der Waals surface area contributed by atoms with E-state index in [9.17, 15) is 9.90 Å². The van der Waals surface area contributed by atoms with E-state index >= 15 is 0 Å². The third-order valence-corrected chi connectivity index (χ3v) is 4.93. The number of carbonyl (C=O) groups excluding carboxylic acids is 1. The molecule has 0 radical (unpaired) electrons. The van der Waals surface area contributed by atoms with Crippen molar-refractivity contribution in [3.05, 3.63) is 53.6 Å². The highest BCUT2D eigenvalue weighted by atomic mass is 16.5. The van der Waals surface area contributed by atoms with Gasteiger partial charge < -0.3 is 9.84 Å². The second-order valence-corrected chi connectivity index (χ2v) is 7.35. The number of ether oxygens (including phenoxy) is 1. The first-order chi connectivity index (χ1) is 13.7. The largest absolute Gasteiger partial charge is 0.469 e. The molecule has 28 heavy (non-hydrogen) atoms. The molecular formula is C25H38O3. The Kier molecular flexibility index (Phi) is 13.9. The first kappa shape index (κ1) is 24.2. The molecule has 0 aliphatic rings. The van der Waals surface area contributed by atoms with Crippen molar-refractivity contribution in [2.45, 2.75) is 83.7 Å². The van der Waals surface area contributed by atoms with E-state index in [1.807, 2.05) is 30.4 Å². The molecule has 1 atom stereocenters. The molecule has 0 bridgehead atoms. The van der Waals surface area contributed by atoms with Crippen molar-refractivity contribution in [3.63, 3.8) is 0 Å². The summed E-state index contributed by atoms with van der Waals surface area (Å²) >= 11 is 0. The van der Waals surface area contributed by atoms with Crippen LogP contribution in [0.1, 0.15) is 82.3 Å². The molecule has 0 aliphatic heterocycles. The maximum Gasteiger partial charge on any atom is 0.305 e.